The van der Waals surface area contributed by atoms with Crippen LogP contribution in [0.1, 0.15) is 32.0 Å². The molecule has 1 atom stereocenters. The standard InChI is InChI=1S/C16H18ClN3/c1-3-12(2)20-9-7-15(18-20)11-19-8-6-13-10-14(17)4-5-16(13)19/h4-10,12H,3,11H2,1-2H3. The van der Waals surface area contributed by atoms with Gasteiger partial charge in [-0.05, 0) is 43.7 Å². The monoisotopic (exact) mass is 287 g/mol. The van der Waals surface area contributed by atoms with Gasteiger partial charge in [-0.1, -0.05) is 18.5 Å². The van der Waals surface area contributed by atoms with Crippen LogP contribution in [-0.4, -0.2) is 14.3 Å². The molecule has 2 aromatic heterocycles. The van der Waals surface area contributed by atoms with E-state index in [1.807, 2.05) is 16.8 Å². The van der Waals surface area contributed by atoms with Crippen LogP contribution in [0.15, 0.2) is 42.7 Å². The van der Waals surface area contributed by atoms with Gasteiger partial charge in [-0.2, -0.15) is 5.10 Å². The van der Waals surface area contributed by atoms with E-state index < -0.39 is 0 Å². The molecule has 0 radical (unpaired) electrons. The van der Waals surface area contributed by atoms with Gasteiger partial charge in [0, 0.05) is 34.4 Å². The predicted octanol–water partition coefficient (Wildman–Crippen LogP) is 4.51. The van der Waals surface area contributed by atoms with Crippen molar-refractivity contribution in [1.29, 1.82) is 0 Å². The number of fused-ring (bicyclic) bond motifs is 1. The Kier molecular flexibility index (Phi) is 3.53. The Morgan fingerprint density at radius 3 is 2.85 bits per heavy atom. The number of benzene rings is 1. The summed E-state index contributed by atoms with van der Waals surface area (Å²) in [6.07, 6.45) is 5.24. The van der Waals surface area contributed by atoms with Crippen molar-refractivity contribution in [2.75, 3.05) is 0 Å². The third-order valence-corrected chi connectivity index (χ3v) is 4.01. The van der Waals surface area contributed by atoms with Crippen LogP contribution in [-0.2, 0) is 6.54 Å². The van der Waals surface area contributed by atoms with E-state index >= 15 is 0 Å². The highest BCUT2D eigenvalue weighted by atomic mass is 35.5. The van der Waals surface area contributed by atoms with Gasteiger partial charge in [0.1, 0.15) is 0 Å². The minimum Gasteiger partial charge on any atom is -0.341 e. The van der Waals surface area contributed by atoms with E-state index in [-0.39, 0.29) is 0 Å². The van der Waals surface area contributed by atoms with Crippen molar-refractivity contribution in [1.82, 2.24) is 14.3 Å². The van der Waals surface area contributed by atoms with E-state index in [0.717, 1.165) is 23.7 Å². The van der Waals surface area contributed by atoms with Gasteiger partial charge in [0.2, 0.25) is 0 Å². The fourth-order valence-electron chi connectivity index (χ4n) is 2.38. The molecule has 0 N–H and O–H groups in total. The smallest absolute Gasteiger partial charge is 0.0821 e. The molecule has 1 unspecified atom stereocenters. The molecule has 3 aromatic rings. The van der Waals surface area contributed by atoms with E-state index in [2.05, 4.69) is 54.1 Å². The summed E-state index contributed by atoms with van der Waals surface area (Å²) in [5.41, 5.74) is 2.27. The zero-order valence-electron chi connectivity index (χ0n) is 11.8. The maximum absolute atomic E-state index is 6.02. The quantitative estimate of drug-likeness (QED) is 0.692. The Morgan fingerprint density at radius 2 is 2.05 bits per heavy atom. The second-order valence-electron chi connectivity index (χ2n) is 5.19. The molecule has 3 rings (SSSR count). The molecule has 0 amide bonds. The van der Waals surface area contributed by atoms with E-state index in [9.17, 15) is 0 Å². The summed E-state index contributed by atoms with van der Waals surface area (Å²) in [6.45, 7) is 5.15. The normalized spacial score (nSPS) is 12.9. The Morgan fingerprint density at radius 1 is 1.20 bits per heavy atom. The number of aromatic nitrogens is 3. The first-order valence-electron chi connectivity index (χ1n) is 6.96. The fraction of sp³-hybridized carbons (Fsp3) is 0.312. The van der Waals surface area contributed by atoms with Crippen LogP contribution in [0, 0.1) is 0 Å². The Hall–Kier alpha value is -1.74. The van der Waals surface area contributed by atoms with Crippen molar-refractivity contribution >= 4 is 22.5 Å². The van der Waals surface area contributed by atoms with Gasteiger partial charge in [0.15, 0.2) is 0 Å². The summed E-state index contributed by atoms with van der Waals surface area (Å²) >= 11 is 6.02. The number of halogens is 1. The Balaban J connectivity index is 1.87. The van der Waals surface area contributed by atoms with E-state index in [4.69, 9.17) is 11.6 Å². The molecule has 0 saturated heterocycles. The number of rotatable bonds is 4. The van der Waals surface area contributed by atoms with Gasteiger partial charge in [-0.3, -0.25) is 4.68 Å². The molecule has 0 saturated carbocycles. The van der Waals surface area contributed by atoms with Crippen LogP contribution in [0.5, 0.6) is 0 Å². The summed E-state index contributed by atoms with van der Waals surface area (Å²) in [4.78, 5) is 0. The first-order chi connectivity index (χ1) is 9.67. The third-order valence-electron chi connectivity index (χ3n) is 3.77. The zero-order chi connectivity index (χ0) is 14.1. The SMILES string of the molecule is CCC(C)n1ccc(Cn2ccc3cc(Cl)ccc32)n1. The van der Waals surface area contributed by atoms with Crippen LogP contribution in [0.3, 0.4) is 0 Å². The number of hydrogen-bond acceptors (Lipinski definition) is 1. The average molecular weight is 288 g/mol. The van der Waals surface area contributed by atoms with Gasteiger partial charge >= 0.3 is 0 Å². The van der Waals surface area contributed by atoms with Gasteiger partial charge in [-0.15, -0.1) is 0 Å². The number of nitrogens with zero attached hydrogens (tertiary/aromatic N) is 3. The molecule has 3 nitrogen and oxygen atoms in total. The van der Waals surface area contributed by atoms with Crippen LogP contribution in [0.4, 0.5) is 0 Å². The van der Waals surface area contributed by atoms with Gasteiger partial charge < -0.3 is 4.57 Å². The average Bonchev–Trinajstić information content (AvgIpc) is 3.06. The van der Waals surface area contributed by atoms with E-state index in [1.165, 1.54) is 10.9 Å². The molecule has 4 heteroatoms. The van der Waals surface area contributed by atoms with Crippen molar-refractivity contribution in [2.45, 2.75) is 32.9 Å². The van der Waals surface area contributed by atoms with Crippen molar-refractivity contribution in [3.63, 3.8) is 0 Å². The lowest BCUT2D eigenvalue weighted by atomic mass is 10.2. The zero-order valence-corrected chi connectivity index (χ0v) is 12.5. The highest BCUT2D eigenvalue weighted by Crippen LogP contribution is 2.21. The van der Waals surface area contributed by atoms with E-state index in [0.29, 0.717) is 6.04 Å². The molecule has 0 spiro atoms. The fourth-order valence-corrected chi connectivity index (χ4v) is 2.56. The second-order valence-corrected chi connectivity index (χ2v) is 5.63. The Labute approximate surface area is 123 Å². The molecule has 0 aliphatic carbocycles. The summed E-state index contributed by atoms with van der Waals surface area (Å²) in [5.74, 6) is 0. The maximum Gasteiger partial charge on any atom is 0.0821 e. The summed E-state index contributed by atoms with van der Waals surface area (Å²) < 4.78 is 4.24. The first-order valence-corrected chi connectivity index (χ1v) is 7.33. The van der Waals surface area contributed by atoms with Crippen LogP contribution in [0.2, 0.25) is 5.02 Å². The second kappa shape index (κ2) is 5.33. The molecule has 104 valence electrons. The predicted molar refractivity (Wildman–Crippen MR) is 83.3 cm³/mol. The molecule has 1 aromatic carbocycles. The molecular formula is C16H18ClN3. The molecule has 0 bridgehead atoms. The van der Waals surface area contributed by atoms with Gasteiger partial charge in [-0.25, -0.2) is 0 Å². The van der Waals surface area contributed by atoms with Crippen molar-refractivity contribution in [3.8, 4) is 0 Å². The molecule has 0 aliphatic rings. The minimum absolute atomic E-state index is 0.448. The first kappa shape index (κ1) is 13.3. The van der Waals surface area contributed by atoms with Crippen molar-refractivity contribution in [3.05, 3.63) is 53.4 Å². The third kappa shape index (κ3) is 2.46. The van der Waals surface area contributed by atoms with Crippen LogP contribution in [0.25, 0.3) is 10.9 Å². The Bertz CT molecular complexity index is 726. The minimum atomic E-state index is 0.448. The molecule has 0 aliphatic heterocycles. The highest BCUT2D eigenvalue weighted by Gasteiger charge is 2.07. The molecule has 2 heterocycles. The molecule has 20 heavy (non-hydrogen) atoms. The summed E-state index contributed by atoms with van der Waals surface area (Å²) in [7, 11) is 0. The maximum atomic E-state index is 6.02. The van der Waals surface area contributed by atoms with Crippen LogP contribution < -0.4 is 0 Å². The van der Waals surface area contributed by atoms with Crippen LogP contribution >= 0.6 is 11.6 Å². The van der Waals surface area contributed by atoms with Gasteiger partial charge in [0.25, 0.3) is 0 Å². The lowest BCUT2D eigenvalue weighted by Crippen LogP contribution is -2.06. The topological polar surface area (TPSA) is 22.8 Å². The summed E-state index contributed by atoms with van der Waals surface area (Å²) in [6, 6.07) is 10.6. The lowest BCUT2D eigenvalue weighted by molar-refractivity contribution is 0.472. The van der Waals surface area contributed by atoms with Gasteiger partial charge in [0.05, 0.1) is 12.2 Å². The molecule has 0 fully saturated rings. The summed E-state index contributed by atoms with van der Waals surface area (Å²) in [5, 5.41) is 6.59. The largest absolute Gasteiger partial charge is 0.341 e. The highest BCUT2D eigenvalue weighted by molar-refractivity contribution is 6.31. The van der Waals surface area contributed by atoms with Crippen molar-refractivity contribution in [2.24, 2.45) is 0 Å². The number of hydrogen-bond donors (Lipinski definition) is 0. The van der Waals surface area contributed by atoms with E-state index in [1.54, 1.807) is 0 Å². The lowest BCUT2D eigenvalue weighted by Gasteiger charge is -2.08. The molecular weight excluding hydrogens is 270 g/mol. The van der Waals surface area contributed by atoms with Crippen molar-refractivity contribution < 1.29 is 0 Å².